The third kappa shape index (κ3) is 4.76. The van der Waals surface area contributed by atoms with Gasteiger partial charge >= 0.3 is 0 Å². The first-order valence-electron chi connectivity index (χ1n) is 9.87. The van der Waals surface area contributed by atoms with Crippen LogP contribution in [0.5, 0.6) is 5.75 Å². The van der Waals surface area contributed by atoms with Gasteiger partial charge in [-0.1, -0.05) is 41.9 Å². The van der Waals surface area contributed by atoms with Crippen molar-refractivity contribution < 1.29 is 18.3 Å². The minimum Gasteiger partial charge on any atom is -0.486 e. The molecule has 4 rings (SSSR count). The van der Waals surface area contributed by atoms with Crippen molar-refractivity contribution in [3.8, 4) is 11.8 Å². The van der Waals surface area contributed by atoms with Gasteiger partial charge in [-0.15, -0.1) is 0 Å². The molecule has 0 aliphatic rings. The molecule has 0 aliphatic carbocycles. The van der Waals surface area contributed by atoms with Crippen molar-refractivity contribution in [2.75, 3.05) is 0 Å². The van der Waals surface area contributed by atoms with Crippen LogP contribution in [0.1, 0.15) is 27.5 Å². The van der Waals surface area contributed by atoms with E-state index in [9.17, 15) is 18.8 Å². The number of halogens is 3. The Morgan fingerprint density at radius 3 is 2.45 bits per heavy atom. The molecule has 164 valence electrons. The van der Waals surface area contributed by atoms with Crippen LogP contribution in [0.3, 0.4) is 0 Å². The van der Waals surface area contributed by atoms with Crippen LogP contribution in [0.2, 0.25) is 5.02 Å². The summed E-state index contributed by atoms with van der Waals surface area (Å²) in [5, 5.41) is 13.2. The summed E-state index contributed by atoms with van der Waals surface area (Å²) in [4.78, 5) is 17.3. The average molecular weight is 464 g/mol. The lowest BCUT2D eigenvalue weighted by molar-refractivity contribution is 0.0946. The smallest absolute Gasteiger partial charge is 0.253 e. The number of aromatic nitrogens is 1. The van der Waals surface area contributed by atoms with Crippen LogP contribution in [-0.4, -0.2) is 10.9 Å². The summed E-state index contributed by atoms with van der Waals surface area (Å²) in [5.41, 5.74) is 1.01. The maximum atomic E-state index is 13.9. The predicted octanol–water partition coefficient (Wildman–Crippen LogP) is 5.74. The molecule has 1 unspecified atom stereocenters. The third-order valence-corrected chi connectivity index (χ3v) is 5.27. The molecule has 1 heterocycles. The quantitative estimate of drug-likeness (QED) is 0.395. The molecular weight excluding hydrogens is 448 g/mol. The van der Waals surface area contributed by atoms with Gasteiger partial charge in [0.15, 0.2) is 0 Å². The second kappa shape index (κ2) is 9.63. The van der Waals surface area contributed by atoms with Crippen molar-refractivity contribution in [2.24, 2.45) is 0 Å². The Kier molecular flexibility index (Phi) is 6.48. The molecule has 0 radical (unpaired) electrons. The van der Waals surface area contributed by atoms with Gasteiger partial charge < -0.3 is 10.1 Å². The van der Waals surface area contributed by atoms with E-state index in [2.05, 4.69) is 16.4 Å². The number of fused-ring (bicyclic) bond motifs is 1. The fraction of sp³-hybridized carbons (Fsp3) is 0.0800. The van der Waals surface area contributed by atoms with Gasteiger partial charge in [-0.3, -0.25) is 9.78 Å². The highest BCUT2D eigenvalue weighted by Crippen LogP contribution is 2.28. The maximum Gasteiger partial charge on any atom is 0.253 e. The zero-order valence-electron chi connectivity index (χ0n) is 17.1. The first-order chi connectivity index (χ1) is 16.0. The van der Waals surface area contributed by atoms with E-state index in [1.165, 1.54) is 18.3 Å². The zero-order chi connectivity index (χ0) is 23.4. The van der Waals surface area contributed by atoms with E-state index in [4.69, 9.17) is 16.3 Å². The number of nitriles is 1. The SMILES string of the molecule is N#CC(NC(=O)c1ccnc2c(OCc3c(F)cccc3F)cccc12)c1ccc(Cl)cc1. The molecule has 0 aliphatic heterocycles. The van der Waals surface area contributed by atoms with Crippen LogP contribution >= 0.6 is 11.6 Å². The first kappa shape index (κ1) is 22.2. The predicted molar refractivity (Wildman–Crippen MR) is 120 cm³/mol. The zero-order valence-corrected chi connectivity index (χ0v) is 17.8. The van der Waals surface area contributed by atoms with E-state index < -0.39 is 23.6 Å². The molecule has 4 aromatic rings. The van der Waals surface area contributed by atoms with E-state index >= 15 is 0 Å². The first-order valence-corrected chi connectivity index (χ1v) is 10.2. The van der Waals surface area contributed by atoms with Crippen molar-refractivity contribution in [2.45, 2.75) is 12.6 Å². The van der Waals surface area contributed by atoms with Crippen LogP contribution < -0.4 is 10.1 Å². The highest BCUT2D eigenvalue weighted by molar-refractivity contribution is 6.30. The molecule has 3 aromatic carbocycles. The lowest BCUT2D eigenvalue weighted by Gasteiger charge is -2.14. The molecule has 0 spiro atoms. The van der Waals surface area contributed by atoms with Crippen molar-refractivity contribution in [3.63, 3.8) is 0 Å². The molecule has 0 fully saturated rings. The van der Waals surface area contributed by atoms with E-state index in [1.807, 2.05) is 0 Å². The molecule has 1 amide bonds. The lowest BCUT2D eigenvalue weighted by atomic mass is 10.1. The Morgan fingerprint density at radius 1 is 1.06 bits per heavy atom. The second-order valence-electron chi connectivity index (χ2n) is 7.09. The van der Waals surface area contributed by atoms with Crippen LogP contribution in [0, 0.1) is 23.0 Å². The highest BCUT2D eigenvalue weighted by atomic mass is 35.5. The maximum absolute atomic E-state index is 13.9. The summed E-state index contributed by atoms with van der Waals surface area (Å²) in [6.07, 6.45) is 1.43. The summed E-state index contributed by atoms with van der Waals surface area (Å²) < 4.78 is 33.5. The summed E-state index contributed by atoms with van der Waals surface area (Å²) in [7, 11) is 0. The van der Waals surface area contributed by atoms with Gasteiger partial charge in [-0.25, -0.2) is 8.78 Å². The van der Waals surface area contributed by atoms with Gasteiger partial charge in [0.2, 0.25) is 0 Å². The molecule has 1 N–H and O–H groups in total. The van der Waals surface area contributed by atoms with E-state index in [-0.39, 0.29) is 23.5 Å². The normalized spacial score (nSPS) is 11.6. The van der Waals surface area contributed by atoms with Crippen LogP contribution in [0.15, 0.2) is 72.9 Å². The van der Waals surface area contributed by atoms with Gasteiger partial charge in [0, 0.05) is 16.6 Å². The monoisotopic (exact) mass is 463 g/mol. The Morgan fingerprint density at radius 2 is 1.76 bits per heavy atom. The summed E-state index contributed by atoms with van der Waals surface area (Å²) in [6, 6.07) is 17.8. The molecule has 5 nitrogen and oxygen atoms in total. The fourth-order valence-electron chi connectivity index (χ4n) is 3.34. The molecule has 1 aromatic heterocycles. The van der Waals surface area contributed by atoms with Gasteiger partial charge in [0.1, 0.15) is 35.5 Å². The number of para-hydroxylation sites is 1. The molecule has 0 bridgehead atoms. The molecule has 0 saturated heterocycles. The molecule has 8 heteroatoms. The minimum absolute atomic E-state index is 0.205. The number of nitrogens with one attached hydrogen (secondary N) is 1. The Labute approximate surface area is 193 Å². The van der Waals surface area contributed by atoms with Gasteiger partial charge in [0.25, 0.3) is 5.91 Å². The van der Waals surface area contributed by atoms with Crippen LogP contribution in [-0.2, 0) is 6.61 Å². The Hall–Kier alpha value is -4.02. The number of amides is 1. The largest absolute Gasteiger partial charge is 0.486 e. The number of rotatable bonds is 6. The van der Waals surface area contributed by atoms with Crippen molar-refractivity contribution in [3.05, 3.63) is 106 Å². The molecule has 1 atom stereocenters. The number of pyridine rings is 1. The topological polar surface area (TPSA) is 75.0 Å². The van der Waals surface area contributed by atoms with E-state index in [1.54, 1.807) is 42.5 Å². The van der Waals surface area contributed by atoms with E-state index in [0.29, 0.717) is 21.5 Å². The third-order valence-electron chi connectivity index (χ3n) is 5.02. The van der Waals surface area contributed by atoms with Crippen LogP contribution in [0.25, 0.3) is 10.9 Å². The number of benzene rings is 3. The number of hydrogen-bond donors (Lipinski definition) is 1. The summed E-state index contributed by atoms with van der Waals surface area (Å²) >= 11 is 5.89. The number of carbonyl (C=O) groups excluding carboxylic acids is 1. The summed E-state index contributed by atoms with van der Waals surface area (Å²) in [5.74, 6) is -1.65. The summed E-state index contributed by atoms with van der Waals surface area (Å²) in [6.45, 7) is -0.344. The van der Waals surface area contributed by atoms with Gasteiger partial charge in [-0.05, 0) is 42.0 Å². The number of carbonyl (C=O) groups is 1. The number of ether oxygens (including phenoxy) is 1. The second-order valence-corrected chi connectivity index (χ2v) is 7.52. The lowest BCUT2D eigenvalue weighted by Crippen LogP contribution is -2.27. The Balaban J connectivity index is 1.61. The van der Waals surface area contributed by atoms with E-state index in [0.717, 1.165) is 12.1 Å². The minimum atomic E-state index is -0.888. The fourth-order valence-corrected chi connectivity index (χ4v) is 3.46. The molecular formula is C25H16ClF2N3O2. The van der Waals surface area contributed by atoms with Gasteiger partial charge in [-0.2, -0.15) is 5.26 Å². The standard InChI is InChI=1S/C25H16ClF2N3O2/c26-16-9-7-15(8-10-16)22(13-29)31-25(32)18-11-12-30-24-17(18)3-1-6-23(24)33-14-19-20(27)4-2-5-21(19)28/h1-12,22H,14H2,(H,31,32). The number of nitrogens with zero attached hydrogens (tertiary/aromatic N) is 2. The average Bonchev–Trinajstić information content (AvgIpc) is 2.82. The van der Waals surface area contributed by atoms with Crippen LogP contribution in [0.4, 0.5) is 8.78 Å². The van der Waals surface area contributed by atoms with Crippen molar-refractivity contribution >= 4 is 28.4 Å². The van der Waals surface area contributed by atoms with Crippen molar-refractivity contribution in [1.29, 1.82) is 5.26 Å². The van der Waals surface area contributed by atoms with Crippen molar-refractivity contribution in [1.82, 2.24) is 10.3 Å². The molecule has 0 saturated carbocycles. The highest BCUT2D eigenvalue weighted by Gasteiger charge is 2.19. The Bertz CT molecular complexity index is 1350. The van der Waals surface area contributed by atoms with Gasteiger partial charge in [0.05, 0.1) is 17.2 Å². The molecule has 33 heavy (non-hydrogen) atoms. The number of hydrogen-bond acceptors (Lipinski definition) is 4.